The number of nitrogens with one attached hydrogen (secondary N) is 1. The highest BCUT2D eigenvalue weighted by atomic mass is 32.2. The second kappa shape index (κ2) is 7.63. The Bertz CT molecular complexity index is 595. The number of hydrogen-bond donors (Lipinski definition) is 1. The summed E-state index contributed by atoms with van der Waals surface area (Å²) in [6.45, 7) is 3.19. The lowest BCUT2D eigenvalue weighted by atomic mass is 10.1. The summed E-state index contributed by atoms with van der Waals surface area (Å²) in [4.78, 5) is 12.0. The molecule has 1 N–H and O–H groups in total. The summed E-state index contributed by atoms with van der Waals surface area (Å²) in [6.07, 6.45) is 2.72. The van der Waals surface area contributed by atoms with Gasteiger partial charge in [0.25, 0.3) is 5.91 Å². The van der Waals surface area contributed by atoms with Crippen molar-refractivity contribution in [2.45, 2.75) is 26.2 Å². The predicted octanol–water partition coefficient (Wildman–Crippen LogP) is 2.03. The Balaban J connectivity index is 1.80. The highest BCUT2D eigenvalue weighted by molar-refractivity contribution is 7.91. The molecular formula is C16H23NO4S. The van der Waals surface area contributed by atoms with Gasteiger partial charge < -0.3 is 10.1 Å². The Morgan fingerprint density at radius 3 is 2.64 bits per heavy atom. The molecule has 0 aromatic heterocycles. The topological polar surface area (TPSA) is 72.5 Å². The average molecular weight is 325 g/mol. The average Bonchev–Trinajstić information content (AvgIpc) is 2.85. The van der Waals surface area contributed by atoms with Gasteiger partial charge in [0.1, 0.15) is 5.75 Å². The largest absolute Gasteiger partial charge is 0.494 e. The van der Waals surface area contributed by atoms with E-state index in [9.17, 15) is 13.2 Å². The van der Waals surface area contributed by atoms with Crippen LogP contribution in [0.2, 0.25) is 0 Å². The van der Waals surface area contributed by atoms with E-state index in [0.29, 0.717) is 25.1 Å². The smallest absolute Gasteiger partial charge is 0.251 e. The molecule has 22 heavy (non-hydrogen) atoms. The van der Waals surface area contributed by atoms with Gasteiger partial charge in [-0.3, -0.25) is 4.79 Å². The van der Waals surface area contributed by atoms with Crippen LogP contribution in [0.25, 0.3) is 0 Å². The fourth-order valence-electron chi connectivity index (χ4n) is 2.41. The van der Waals surface area contributed by atoms with Gasteiger partial charge in [-0.2, -0.15) is 0 Å². The van der Waals surface area contributed by atoms with E-state index in [1.807, 2.05) is 0 Å². The number of ether oxygens (including phenoxy) is 1. The molecule has 1 aromatic rings. The zero-order valence-corrected chi connectivity index (χ0v) is 13.7. The van der Waals surface area contributed by atoms with E-state index in [1.54, 1.807) is 24.3 Å². The van der Waals surface area contributed by atoms with Crippen molar-refractivity contribution in [2.75, 3.05) is 24.7 Å². The van der Waals surface area contributed by atoms with Crippen LogP contribution in [0.15, 0.2) is 24.3 Å². The maximum Gasteiger partial charge on any atom is 0.251 e. The minimum atomic E-state index is -2.89. The molecule has 0 saturated carbocycles. The SMILES string of the molecule is CCCCOc1ccc(C(=O)NC[C@@H]2CCS(=O)(=O)C2)cc1. The molecule has 1 heterocycles. The van der Waals surface area contributed by atoms with Crippen LogP contribution in [0.3, 0.4) is 0 Å². The van der Waals surface area contributed by atoms with Gasteiger partial charge in [0.05, 0.1) is 18.1 Å². The normalized spacial score (nSPS) is 19.8. The van der Waals surface area contributed by atoms with E-state index in [1.165, 1.54) is 0 Å². The molecule has 1 saturated heterocycles. The molecule has 0 bridgehead atoms. The van der Waals surface area contributed by atoms with Crippen molar-refractivity contribution < 1.29 is 17.9 Å². The number of unbranched alkanes of at least 4 members (excludes halogenated alkanes) is 1. The van der Waals surface area contributed by atoms with E-state index in [2.05, 4.69) is 12.2 Å². The van der Waals surface area contributed by atoms with E-state index in [4.69, 9.17) is 4.74 Å². The van der Waals surface area contributed by atoms with Crippen molar-refractivity contribution >= 4 is 15.7 Å². The first-order valence-corrected chi connectivity index (χ1v) is 9.54. The third-order valence-electron chi connectivity index (χ3n) is 3.76. The molecule has 1 aliphatic heterocycles. The second-order valence-electron chi connectivity index (χ2n) is 5.71. The molecular weight excluding hydrogens is 302 g/mol. The first-order valence-electron chi connectivity index (χ1n) is 7.71. The second-order valence-corrected chi connectivity index (χ2v) is 7.93. The van der Waals surface area contributed by atoms with Gasteiger partial charge in [-0.25, -0.2) is 8.42 Å². The molecule has 2 rings (SSSR count). The van der Waals surface area contributed by atoms with Gasteiger partial charge in [0, 0.05) is 12.1 Å². The summed E-state index contributed by atoms with van der Waals surface area (Å²) in [5, 5.41) is 2.81. The lowest BCUT2D eigenvalue weighted by Crippen LogP contribution is -2.29. The molecule has 5 nitrogen and oxygen atoms in total. The molecule has 1 aromatic carbocycles. The maximum atomic E-state index is 12.0. The molecule has 1 amide bonds. The van der Waals surface area contributed by atoms with Crippen molar-refractivity contribution in [3.05, 3.63) is 29.8 Å². The summed E-state index contributed by atoms with van der Waals surface area (Å²) >= 11 is 0. The van der Waals surface area contributed by atoms with Crippen LogP contribution in [0.4, 0.5) is 0 Å². The molecule has 6 heteroatoms. The van der Waals surface area contributed by atoms with Gasteiger partial charge in [-0.1, -0.05) is 13.3 Å². The number of sulfone groups is 1. The van der Waals surface area contributed by atoms with Gasteiger partial charge in [-0.15, -0.1) is 0 Å². The zero-order chi connectivity index (χ0) is 16.0. The molecule has 0 spiro atoms. The van der Waals surface area contributed by atoms with E-state index >= 15 is 0 Å². The van der Waals surface area contributed by atoms with Crippen molar-refractivity contribution in [2.24, 2.45) is 5.92 Å². The Morgan fingerprint density at radius 2 is 2.05 bits per heavy atom. The van der Waals surface area contributed by atoms with Crippen molar-refractivity contribution in [3.8, 4) is 5.75 Å². The van der Waals surface area contributed by atoms with Crippen LogP contribution in [-0.2, 0) is 9.84 Å². The van der Waals surface area contributed by atoms with Crippen LogP contribution >= 0.6 is 0 Å². The molecule has 0 unspecified atom stereocenters. The Labute approximate surface area is 132 Å². The maximum absolute atomic E-state index is 12.0. The predicted molar refractivity (Wildman–Crippen MR) is 85.9 cm³/mol. The number of carbonyl (C=O) groups excluding carboxylic acids is 1. The van der Waals surface area contributed by atoms with Gasteiger partial charge in [0.15, 0.2) is 9.84 Å². The molecule has 0 aliphatic carbocycles. The fourth-order valence-corrected chi connectivity index (χ4v) is 4.27. The lowest BCUT2D eigenvalue weighted by molar-refractivity contribution is 0.0948. The summed E-state index contributed by atoms with van der Waals surface area (Å²) in [7, 11) is -2.89. The molecule has 0 radical (unpaired) electrons. The van der Waals surface area contributed by atoms with Crippen LogP contribution < -0.4 is 10.1 Å². The minimum absolute atomic E-state index is 0.0330. The Kier molecular flexibility index (Phi) is 5.83. The van der Waals surface area contributed by atoms with Crippen LogP contribution in [-0.4, -0.2) is 39.0 Å². The van der Waals surface area contributed by atoms with E-state index < -0.39 is 9.84 Å². The third-order valence-corrected chi connectivity index (χ3v) is 5.60. The summed E-state index contributed by atoms with van der Waals surface area (Å²) in [5.41, 5.74) is 0.559. The number of amides is 1. The van der Waals surface area contributed by atoms with E-state index in [-0.39, 0.29) is 23.3 Å². The van der Waals surface area contributed by atoms with Crippen molar-refractivity contribution in [3.63, 3.8) is 0 Å². The summed E-state index contributed by atoms with van der Waals surface area (Å²) in [5.74, 6) is 1.02. The number of rotatable bonds is 7. The number of hydrogen-bond acceptors (Lipinski definition) is 4. The van der Waals surface area contributed by atoms with Gasteiger partial charge in [-0.05, 0) is 43.0 Å². The number of carbonyl (C=O) groups is 1. The van der Waals surface area contributed by atoms with Crippen molar-refractivity contribution in [1.29, 1.82) is 0 Å². The quantitative estimate of drug-likeness (QED) is 0.779. The summed E-state index contributed by atoms with van der Waals surface area (Å²) < 4.78 is 28.3. The monoisotopic (exact) mass is 325 g/mol. The van der Waals surface area contributed by atoms with E-state index in [0.717, 1.165) is 18.6 Å². The first kappa shape index (κ1) is 16.8. The van der Waals surface area contributed by atoms with Crippen LogP contribution in [0.5, 0.6) is 5.75 Å². The molecule has 1 aliphatic rings. The fraction of sp³-hybridized carbons (Fsp3) is 0.562. The highest BCUT2D eigenvalue weighted by Gasteiger charge is 2.27. The summed E-state index contributed by atoms with van der Waals surface area (Å²) in [6, 6.07) is 7.01. The third kappa shape index (κ3) is 5.02. The molecule has 1 fully saturated rings. The minimum Gasteiger partial charge on any atom is -0.494 e. The first-order chi connectivity index (χ1) is 10.5. The standard InChI is InChI=1S/C16H23NO4S/c1-2-3-9-21-15-6-4-14(5-7-15)16(18)17-11-13-8-10-22(19,20)12-13/h4-7,13H,2-3,8-12H2,1H3,(H,17,18)/t13-/m0/s1. The lowest BCUT2D eigenvalue weighted by Gasteiger charge is -2.10. The van der Waals surface area contributed by atoms with Crippen LogP contribution in [0.1, 0.15) is 36.5 Å². The Hall–Kier alpha value is -1.56. The van der Waals surface area contributed by atoms with Crippen LogP contribution in [0, 0.1) is 5.92 Å². The molecule has 1 atom stereocenters. The number of benzene rings is 1. The highest BCUT2D eigenvalue weighted by Crippen LogP contribution is 2.18. The molecule has 122 valence electrons. The van der Waals surface area contributed by atoms with Gasteiger partial charge in [0.2, 0.25) is 0 Å². The van der Waals surface area contributed by atoms with Gasteiger partial charge >= 0.3 is 0 Å². The zero-order valence-electron chi connectivity index (χ0n) is 12.9. The van der Waals surface area contributed by atoms with Crippen molar-refractivity contribution in [1.82, 2.24) is 5.32 Å². The Morgan fingerprint density at radius 1 is 1.32 bits per heavy atom.